The Morgan fingerprint density at radius 1 is 1.32 bits per heavy atom. The zero-order chi connectivity index (χ0) is 13.2. The molecule has 1 aromatic heterocycles. The Balaban J connectivity index is 1.81. The van der Waals surface area contributed by atoms with Crippen LogP contribution in [0.4, 0.5) is 5.69 Å². The summed E-state index contributed by atoms with van der Waals surface area (Å²) in [5.74, 6) is -0.916. The Hall–Kier alpha value is -2.17. The number of nitrogens with one attached hydrogen (secondary N) is 1. The number of hydrogen-bond acceptors (Lipinski definition) is 4. The molecular weight excluding hydrogens is 242 g/mol. The summed E-state index contributed by atoms with van der Waals surface area (Å²) in [6.45, 7) is 0. The predicted molar refractivity (Wildman–Crippen MR) is 71.9 cm³/mol. The molecule has 1 saturated carbocycles. The molecule has 3 rings (SSSR count). The van der Waals surface area contributed by atoms with Crippen LogP contribution in [-0.4, -0.2) is 27.3 Å². The van der Waals surface area contributed by atoms with Crippen molar-refractivity contribution in [3.05, 3.63) is 30.5 Å². The van der Waals surface area contributed by atoms with E-state index >= 15 is 0 Å². The number of hydrogen-bond donors (Lipinski definition) is 2. The number of rotatable bonds is 3. The van der Waals surface area contributed by atoms with Crippen LogP contribution in [0.1, 0.15) is 19.3 Å². The molecule has 1 aliphatic rings. The van der Waals surface area contributed by atoms with Gasteiger partial charge in [0.2, 0.25) is 0 Å². The summed E-state index contributed by atoms with van der Waals surface area (Å²) in [7, 11) is 0. The minimum atomic E-state index is -0.693. The molecule has 0 unspecified atom stereocenters. The number of carboxylic acids is 1. The van der Waals surface area contributed by atoms with Crippen LogP contribution < -0.4 is 5.32 Å². The second kappa shape index (κ2) is 4.84. The summed E-state index contributed by atoms with van der Waals surface area (Å²) in [4.78, 5) is 11.0. The molecule has 19 heavy (non-hydrogen) atoms. The van der Waals surface area contributed by atoms with Gasteiger partial charge in [0.05, 0.1) is 23.3 Å². The average molecular weight is 257 g/mol. The van der Waals surface area contributed by atoms with Crippen LogP contribution in [0.5, 0.6) is 0 Å². The number of fused-ring (bicyclic) bond motifs is 1. The van der Waals surface area contributed by atoms with E-state index in [0.29, 0.717) is 6.42 Å². The lowest BCUT2D eigenvalue weighted by atomic mass is 10.1. The summed E-state index contributed by atoms with van der Waals surface area (Å²) < 4.78 is 0. The summed E-state index contributed by atoms with van der Waals surface area (Å²) in [6.07, 6.45) is 4.00. The van der Waals surface area contributed by atoms with Crippen molar-refractivity contribution in [2.45, 2.75) is 25.3 Å². The minimum absolute atomic E-state index is 0.203. The van der Waals surface area contributed by atoms with Gasteiger partial charge in [0.15, 0.2) is 0 Å². The van der Waals surface area contributed by atoms with Crippen molar-refractivity contribution in [2.24, 2.45) is 5.92 Å². The zero-order valence-corrected chi connectivity index (χ0v) is 10.4. The molecule has 0 spiro atoms. The molecule has 1 fully saturated rings. The van der Waals surface area contributed by atoms with Crippen LogP contribution in [0.15, 0.2) is 30.5 Å². The third kappa shape index (κ3) is 2.36. The molecule has 0 amide bonds. The number of aromatic nitrogens is 2. The van der Waals surface area contributed by atoms with Crippen molar-refractivity contribution in [3.8, 4) is 0 Å². The van der Waals surface area contributed by atoms with Gasteiger partial charge in [-0.1, -0.05) is 18.2 Å². The van der Waals surface area contributed by atoms with Crippen molar-refractivity contribution in [1.82, 2.24) is 10.2 Å². The highest BCUT2D eigenvalue weighted by Crippen LogP contribution is 2.30. The average Bonchev–Trinajstić information content (AvgIpc) is 2.88. The van der Waals surface area contributed by atoms with Crippen molar-refractivity contribution in [1.29, 1.82) is 0 Å². The fourth-order valence-corrected chi connectivity index (χ4v) is 2.68. The van der Waals surface area contributed by atoms with Crippen molar-refractivity contribution in [2.75, 3.05) is 5.32 Å². The number of benzene rings is 1. The van der Waals surface area contributed by atoms with E-state index in [1.807, 2.05) is 24.3 Å². The maximum absolute atomic E-state index is 11.0. The monoisotopic (exact) mass is 257 g/mol. The highest BCUT2D eigenvalue weighted by molar-refractivity contribution is 5.90. The Labute approximate surface area is 110 Å². The molecule has 2 aromatic rings. The molecule has 1 aliphatic carbocycles. The SMILES string of the molecule is O=C(O)[C@@H]1CC[C@H](Nc2cnnc3ccccc23)C1. The molecule has 1 heterocycles. The lowest BCUT2D eigenvalue weighted by molar-refractivity contribution is -0.141. The number of carbonyl (C=O) groups is 1. The smallest absolute Gasteiger partial charge is 0.306 e. The van der Waals surface area contributed by atoms with Crippen LogP contribution in [0.3, 0.4) is 0 Å². The maximum atomic E-state index is 11.0. The van der Waals surface area contributed by atoms with Crippen molar-refractivity contribution in [3.63, 3.8) is 0 Å². The summed E-state index contributed by atoms with van der Waals surface area (Å²) in [6, 6.07) is 8.01. The number of nitrogens with zero attached hydrogens (tertiary/aromatic N) is 2. The molecule has 2 N–H and O–H groups in total. The normalized spacial score (nSPS) is 22.5. The first-order chi connectivity index (χ1) is 9.24. The van der Waals surface area contributed by atoms with Gasteiger partial charge >= 0.3 is 5.97 Å². The van der Waals surface area contributed by atoms with E-state index in [4.69, 9.17) is 5.11 Å². The second-order valence-electron chi connectivity index (χ2n) is 4.96. The van der Waals surface area contributed by atoms with E-state index < -0.39 is 5.97 Å². The van der Waals surface area contributed by atoms with E-state index in [-0.39, 0.29) is 12.0 Å². The van der Waals surface area contributed by atoms with Gasteiger partial charge in [0.1, 0.15) is 0 Å². The zero-order valence-electron chi connectivity index (χ0n) is 10.4. The molecule has 5 heteroatoms. The molecule has 2 atom stereocenters. The lowest BCUT2D eigenvalue weighted by Crippen LogP contribution is -2.18. The van der Waals surface area contributed by atoms with E-state index in [2.05, 4.69) is 15.5 Å². The summed E-state index contributed by atoms with van der Waals surface area (Å²) >= 11 is 0. The van der Waals surface area contributed by atoms with Crippen LogP contribution in [-0.2, 0) is 4.79 Å². The molecular formula is C14H15N3O2. The van der Waals surface area contributed by atoms with E-state index in [9.17, 15) is 4.79 Å². The van der Waals surface area contributed by atoms with Gasteiger partial charge in [-0.15, -0.1) is 0 Å². The third-order valence-electron chi connectivity index (χ3n) is 3.69. The molecule has 0 radical (unpaired) electrons. The van der Waals surface area contributed by atoms with Crippen LogP contribution in [0.25, 0.3) is 10.9 Å². The minimum Gasteiger partial charge on any atom is -0.481 e. The Kier molecular flexibility index (Phi) is 3.03. The van der Waals surface area contributed by atoms with Crippen LogP contribution in [0, 0.1) is 5.92 Å². The number of aliphatic carboxylic acids is 1. The van der Waals surface area contributed by atoms with E-state index in [1.165, 1.54) is 0 Å². The van der Waals surface area contributed by atoms with Gasteiger partial charge < -0.3 is 10.4 Å². The molecule has 98 valence electrons. The van der Waals surface area contributed by atoms with Crippen molar-refractivity contribution >= 4 is 22.6 Å². The number of carboxylic acid groups (broad SMARTS) is 1. The molecule has 1 aromatic carbocycles. The lowest BCUT2D eigenvalue weighted by Gasteiger charge is -2.15. The van der Waals surface area contributed by atoms with Gasteiger partial charge in [-0.25, -0.2) is 0 Å². The van der Waals surface area contributed by atoms with Gasteiger partial charge in [0.25, 0.3) is 0 Å². The molecule has 5 nitrogen and oxygen atoms in total. The first-order valence-corrected chi connectivity index (χ1v) is 6.44. The Bertz CT molecular complexity index is 609. The van der Waals surface area contributed by atoms with Crippen molar-refractivity contribution < 1.29 is 9.90 Å². The topological polar surface area (TPSA) is 75.1 Å². The third-order valence-corrected chi connectivity index (χ3v) is 3.69. The fraction of sp³-hybridized carbons (Fsp3) is 0.357. The van der Waals surface area contributed by atoms with Gasteiger partial charge in [-0.05, 0) is 25.3 Å². The van der Waals surface area contributed by atoms with Crippen LogP contribution >= 0.6 is 0 Å². The van der Waals surface area contributed by atoms with Gasteiger partial charge in [0, 0.05) is 11.4 Å². The van der Waals surface area contributed by atoms with E-state index in [0.717, 1.165) is 29.4 Å². The first-order valence-electron chi connectivity index (χ1n) is 6.44. The highest BCUT2D eigenvalue weighted by atomic mass is 16.4. The summed E-state index contributed by atoms with van der Waals surface area (Å²) in [5, 5.41) is 21.5. The Morgan fingerprint density at radius 3 is 2.95 bits per heavy atom. The number of anilines is 1. The summed E-state index contributed by atoms with van der Waals surface area (Å²) in [5.41, 5.74) is 1.78. The second-order valence-corrected chi connectivity index (χ2v) is 4.96. The van der Waals surface area contributed by atoms with Gasteiger partial charge in [-0.3, -0.25) is 4.79 Å². The standard InChI is InChI=1S/C14H15N3O2/c18-14(19)9-5-6-10(7-9)16-13-8-15-17-12-4-2-1-3-11(12)13/h1-4,8-10H,5-7H2,(H,16,17)(H,18,19)/t9-,10+/m1/s1. The molecule has 0 aliphatic heterocycles. The first kappa shape index (κ1) is 11.9. The maximum Gasteiger partial charge on any atom is 0.306 e. The highest BCUT2D eigenvalue weighted by Gasteiger charge is 2.29. The van der Waals surface area contributed by atoms with Crippen LogP contribution in [0.2, 0.25) is 0 Å². The Morgan fingerprint density at radius 2 is 2.16 bits per heavy atom. The van der Waals surface area contributed by atoms with E-state index in [1.54, 1.807) is 6.20 Å². The predicted octanol–water partition coefficient (Wildman–Crippen LogP) is 2.29. The van der Waals surface area contributed by atoms with Gasteiger partial charge in [-0.2, -0.15) is 10.2 Å². The molecule has 0 saturated heterocycles. The molecule has 0 bridgehead atoms. The quantitative estimate of drug-likeness (QED) is 0.882. The largest absolute Gasteiger partial charge is 0.481 e. The fourth-order valence-electron chi connectivity index (χ4n) is 2.68.